The van der Waals surface area contributed by atoms with Crippen molar-refractivity contribution in [3.8, 4) is 0 Å². The Morgan fingerprint density at radius 2 is 2.11 bits per heavy atom. The van der Waals surface area contributed by atoms with Gasteiger partial charge in [0.2, 0.25) is 11.8 Å². The summed E-state index contributed by atoms with van der Waals surface area (Å²) in [5.74, 6) is -1.06. The Hall–Kier alpha value is -1.62. The van der Waals surface area contributed by atoms with Gasteiger partial charge in [0.15, 0.2) is 0 Å². The summed E-state index contributed by atoms with van der Waals surface area (Å²) in [4.78, 5) is 25.1. The van der Waals surface area contributed by atoms with Gasteiger partial charge in [-0.3, -0.25) is 9.59 Å². The van der Waals surface area contributed by atoms with Crippen molar-refractivity contribution in [3.05, 3.63) is 34.6 Å². The number of hydrogen-bond acceptors (Lipinski definition) is 2. The van der Waals surface area contributed by atoms with Gasteiger partial charge in [-0.05, 0) is 19.9 Å². The Morgan fingerprint density at radius 1 is 1.42 bits per heavy atom. The fraction of sp³-hybridized carbons (Fsp3) is 0.385. The molecule has 0 aromatic heterocycles. The number of carbonyl (C=O) groups excluding carboxylic acids is 2. The Bertz CT molecular complexity index is 545. The van der Waals surface area contributed by atoms with Crippen LogP contribution in [0.4, 0.5) is 4.39 Å². The normalized spacial score (nSPS) is 18.4. The lowest BCUT2D eigenvalue weighted by atomic mass is 9.97. The lowest BCUT2D eigenvalue weighted by Gasteiger charge is -2.41. The van der Waals surface area contributed by atoms with Gasteiger partial charge in [0.1, 0.15) is 11.4 Å². The zero-order valence-electron chi connectivity index (χ0n) is 10.7. The highest BCUT2D eigenvalue weighted by molar-refractivity contribution is 6.30. The van der Waals surface area contributed by atoms with Gasteiger partial charge >= 0.3 is 0 Å². The Kier molecular flexibility index (Phi) is 3.49. The first-order valence-corrected chi connectivity index (χ1v) is 6.23. The van der Waals surface area contributed by atoms with Crippen LogP contribution in [0.5, 0.6) is 0 Å². The van der Waals surface area contributed by atoms with Crippen molar-refractivity contribution in [3.63, 3.8) is 0 Å². The summed E-state index contributed by atoms with van der Waals surface area (Å²) in [7, 11) is 0. The fourth-order valence-electron chi connectivity index (χ4n) is 2.03. The van der Waals surface area contributed by atoms with Gasteiger partial charge in [-0.25, -0.2) is 4.39 Å². The summed E-state index contributed by atoms with van der Waals surface area (Å²) in [6, 6.07) is 4.61. The minimum atomic E-state index is -1.01. The van der Waals surface area contributed by atoms with Crippen LogP contribution in [0.3, 0.4) is 0 Å². The highest BCUT2D eigenvalue weighted by Crippen LogP contribution is 2.25. The highest BCUT2D eigenvalue weighted by Gasteiger charge is 2.41. The zero-order chi connectivity index (χ0) is 14.2. The third-order valence-electron chi connectivity index (χ3n) is 3.29. The van der Waals surface area contributed by atoms with Crippen molar-refractivity contribution in [2.75, 3.05) is 6.54 Å². The molecule has 0 unspecified atom stereocenters. The second kappa shape index (κ2) is 4.81. The summed E-state index contributed by atoms with van der Waals surface area (Å²) in [5, 5.41) is 2.52. The van der Waals surface area contributed by atoms with Crippen LogP contribution in [0.2, 0.25) is 5.02 Å². The predicted octanol–water partition coefficient (Wildman–Crippen LogP) is 1.72. The summed E-state index contributed by atoms with van der Waals surface area (Å²) >= 11 is 5.71. The SMILES string of the molecule is CC1(C)C(=O)NCC(=O)N1Cc1cccc(Cl)c1F. The van der Waals surface area contributed by atoms with E-state index in [2.05, 4.69) is 5.32 Å². The van der Waals surface area contributed by atoms with Gasteiger partial charge in [0.25, 0.3) is 0 Å². The number of nitrogens with one attached hydrogen (secondary N) is 1. The molecule has 1 N–H and O–H groups in total. The fourth-order valence-corrected chi connectivity index (χ4v) is 2.22. The number of amides is 2. The van der Waals surface area contributed by atoms with E-state index in [-0.39, 0.29) is 29.9 Å². The molecule has 19 heavy (non-hydrogen) atoms. The molecule has 6 heteroatoms. The zero-order valence-corrected chi connectivity index (χ0v) is 11.4. The Labute approximate surface area is 115 Å². The lowest BCUT2D eigenvalue weighted by molar-refractivity contribution is -0.152. The molecule has 0 atom stereocenters. The minimum absolute atomic E-state index is 0.00390. The molecule has 1 aromatic rings. The third-order valence-corrected chi connectivity index (χ3v) is 3.58. The summed E-state index contributed by atoms with van der Waals surface area (Å²) in [5.41, 5.74) is -0.715. The van der Waals surface area contributed by atoms with E-state index < -0.39 is 11.4 Å². The van der Waals surface area contributed by atoms with Crippen LogP contribution in [-0.4, -0.2) is 28.8 Å². The van der Waals surface area contributed by atoms with Crippen molar-refractivity contribution in [2.45, 2.75) is 25.9 Å². The maximum absolute atomic E-state index is 13.9. The molecule has 102 valence electrons. The molecule has 1 saturated heterocycles. The van der Waals surface area contributed by atoms with E-state index in [0.717, 1.165) is 0 Å². The van der Waals surface area contributed by atoms with Crippen LogP contribution in [0.25, 0.3) is 0 Å². The van der Waals surface area contributed by atoms with E-state index in [9.17, 15) is 14.0 Å². The van der Waals surface area contributed by atoms with Crippen molar-refractivity contribution >= 4 is 23.4 Å². The van der Waals surface area contributed by atoms with Gasteiger partial charge < -0.3 is 10.2 Å². The number of nitrogens with zero attached hydrogens (tertiary/aromatic N) is 1. The van der Waals surface area contributed by atoms with E-state index in [1.165, 1.54) is 11.0 Å². The summed E-state index contributed by atoms with van der Waals surface area (Å²) < 4.78 is 13.9. The molecule has 1 fully saturated rings. The number of piperazine rings is 1. The van der Waals surface area contributed by atoms with Crippen molar-refractivity contribution in [1.29, 1.82) is 0 Å². The summed E-state index contributed by atoms with van der Waals surface area (Å²) in [6.07, 6.45) is 0. The quantitative estimate of drug-likeness (QED) is 0.899. The van der Waals surface area contributed by atoms with Crippen LogP contribution in [-0.2, 0) is 16.1 Å². The van der Waals surface area contributed by atoms with Gasteiger partial charge in [-0.15, -0.1) is 0 Å². The van der Waals surface area contributed by atoms with Crippen LogP contribution in [0.15, 0.2) is 18.2 Å². The molecule has 1 aliphatic rings. The molecule has 0 aliphatic carbocycles. The van der Waals surface area contributed by atoms with Crippen LogP contribution >= 0.6 is 11.6 Å². The first-order valence-electron chi connectivity index (χ1n) is 5.85. The molecule has 2 rings (SSSR count). The molecular formula is C13H14ClFN2O2. The smallest absolute Gasteiger partial charge is 0.245 e. The van der Waals surface area contributed by atoms with E-state index >= 15 is 0 Å². The predicted molar refractivity (Wildman–Crippen MR) is 69.0 cm³/mol. The summed E-state index contributed by atoms with van der Waals surface area (Å²) in [6.45, 7) is 3.21. The van der Waals surface area contributed by atoms with Crippen LogP contribution in [0.1, 0.15) is 19.4 Å². The first kappa shape index (κ1) is 13.8. The number of hydrogen-bond donors (Lipinski definition) is 1. The molecule has 0 spiro atoms. The number of rotatable bonds is 2. The lowest BCUT2D eigenvalue weighted by Crippen LogP contribution is -2.63. The van der Waals surface area contributed by atoms with Gasteiger partial charge in [-0.1, -0.05) is 23.7 Å². The number of halogens is 2. The highest BCUT2D eigenvalue weighted by atomic mass is 35.5. The van der Waals surface area contributed by atoms with E-state index in [1.54, 1.807) is 26.0 Å². The van der Waals surface area contributed by atoms with Crippen molar-refractivity contribution < 1.29 is 14.0 Å². The standard InChI is InChI=1S/C13H14ClFN2O2/c1-13(2)12(19)16-6-10(18)17(13)7-8-4-3-5-9(14)11(8)15/h3-5H,6-7H2,1-2H3,(H,16,19). The molecule has 4 nitrogen and oxygen atoms in total. The maximum atomic E-state index is 13.9. The molecule has 0 bridgehead atoms. The second-order valence-corrected chi connectivity index (χ2v) is 5.34. The molecule has 1 heterocycles. The number of benzene rings is 1. The largest absolute Gasteiger partial charge is 0.345 e. The molecule has 0 radical (unpaired) electrons. The van der Waals surface area contributed by atoms with Crippen molar-refractivity contribution in [2.24, 2.45) is 0 Å². The monoisotopic (exact) mass is 284 g/mol. The van der Waals surface area contributed by atoms with E-state index in [0.29, 0.717) is 5.56 Å². The topological polar surface area (TPSA) is 49.4 Å². The second-order valence-electron chi connectivity index (χ2n) is 4.93. The van der Waals surface area contributed by atoms with E-state index in [4.69, 9.17) is 11.6 Å². The maximum Gasteiger partial charge on any atom is 0.245 e. The molecule has 1 aliphatic heterocycles. The molecule has 0 saturated carbocycles. The third kappa shape index (κ3) is 2.42. The van der Waals surface area contributed by atoms with Crippen LogP contribution < -0.4 is 5.32 Å². The average molecular weight is 285 g/mol. The van der Waals surface area contributed by atoms with Gasteiger partial charge in [0, 0.05) is 12.1 Å². The van der Waals surface area contributed by atoms with Gasteiger partial charge in [-0.2, -0.15) is 0 Å². The molecular weight excluding hydrogens is 271 g/mol. The molecule has 2 amide bonds. The van der Waals surface area contributed by atoms with Crippen molar-refractivity contribution in [1.82, 2.24) is 10.2 Å². The molecule has 1 aromatic carbocycles. The first-order chi connectivity index (χ1) is 8.84. The minimum Gasteiger partial charge on any atom is -0.345 e. The number of carbonyl (C=O) groups is 2. The van der Waals surface area contributed by atoms with Crippen LogP contribution in [0, 0.1) is 5.82 Å². The Balaban J connectivity index is 2.32. The Morgan fingerprint density at radius 3 is 2.79 bits per heavy atom. The van der Waals surface area contributed by atoms with Gasteiger partial charge in [0.05, 0.1) is 11.6 Å². The average Bonchev–Trinajstić information content (AvgIpc) is 2.35. The van der Waals surface area contributed by atoms with E-state index in [1.807, 2.05) is 0 Å².